The highest BCUT2D eigenvalue weighted by Crippen LogP contribution is 2.35. The molecule has 10 heteroatoms. The number of carbonyl (C=O) groups excluding carboxylic acids is 1. The number of furan rings is 1. The Morgan fingerprint density at radius 3 is 2.88 bits per heavy atom. The molecule has 1 saturated heterocycles. The van der Waals surface area contributed by atoms with Crippen LogP contribution in [0.3, 0.4) is 0 Å². The minimum atomic E-state index is -1.39. The van der Waals surface area contributed by atoms with Crippen molar-refractivity contribution in [2.75, 3.05) is 6.54 Å². The normalized spacial score (nSPS) is 19.0. The number of thiocarbonyl (C=S) groups is 1. The van der Waals surface area contributed by atoms with Crippen LogP contribution in [0.25, 0.3) is 17.0 Å². The molecule has 1 aliphatic rings. The number of hydrogen-bond acceptors (Lipinski definition) is 7. The highest BCUT2D eigenvalue weighted by molar-refractivity contribution is 7.80. The summed E-state index contributed by atoms with van der Waals surface area (Å²) in [5.41, 5.74) is -0.236. The molecule has 0 bridgehead atoms. The van der Waals surface area contributed by atoms with Crippen LogP contribution in [0, 0.1) is 10.1 Å². The van der Waals surface area contributed by atoms with Gasteiger partial charge in [-0.1, -0.05) is 6.08 Å². The minimum Gasteiger partial charge on any atom is -0.504 e. The van der Waals surface area contributed by atoms with Crippen molar-refractivity contribution in [1.29, 1.82) is 0 Å². The number of aromatic hydroxyl groups is 1. The first-order valence-corrected chi connectivity index (χ1v) is 7.77. The number of rotatable bonds is 4. The average molecular weight is 375 g/mol. The molecule has 0 radical (unpaired) electrons. The second-order valence-electron chi connectivity index (χ2n) is 5.41. The summed E-state index contributed by atoms with van der Waals surface area (Å²) in [5.74, 6) is -0.992. The lowest BCUT2D eigenvalue weighted by Crippen LogP contribution is -2.55. The quantitative estimate of drug-likeness (QED) is 0.242. The molecule has 2 heterocycles. The van der Waals surface area contributed by atoms with Gasteiger partial charge in [0, 0.05) is 12.6 Å². The number of fused-ring (bicyclic) bond motifs is 1. The molecule has 0 aliphatic carbocycles. The van der Waals surface area contributed by atoms with E-state index < -0.39 is 17.1 Å². The SMILES string of the molecule is C=CCN1C(=O)/C(=C/c2oc3cc([N+](=O)[O-])ccc3c2O)C(O)NC1=S. The minimum absolute atomic E-state index is 0.0454. The largest absolute Gasteiger partial charge is 0.504 e. The van der Waals surface area contributed by atoms with Crippen molar-refractivity contribution in [3.8, 4) is 5.75 Å². The maximum atomic E-state index is 12.5. The van der Waals surface area contributed by atoms with E-state index in [-0.39, 0.29) is 45.4 Å². The first-order valence-electron chi connectivity index (χ1n) is 7.36. The second kappa shape index (κ2) is 6.58. The van der Waals surface area contributed by atoms with Gasteiger partial charge in [-0.25, -0.2) is 0 Å². The fourth-order valence-electron chi connectivity index (χ4n) is 2.52. The Bertz CT molecular complexity index is 980. The van der Waals surface area contributed by atoms with Crippen molar-refractivity contribution >= 4 is 46.0 Å². The first kappa shape index (κ1) is 17.6. The zero-order valence-electron chi connectivity index (χ0n) is 13.2. The summed E-state index contributed by atoms with van der Waals surface area (Å²) in [6.45, 7) is 3.67. The maximum absolute atomic E-state index is 12.5. The van der Waals surface area contributed by atoms with E-state index in [2.05, 4.69) is 11.9 Å². The van der Waals surface area contributed by atoms with Gasteiger partial charge in [-0.3, -0.25) is 19.8 Å². The Morgan fingerprint density at radius 2 is 2.23 bits per heavy atom. The van der Waals surface area contributed by atoms with Crippen molar-refractivity contribution in [3.05, 3.63) is 52.3 Å². The lowest BCUT2D eigenvalue weighted by Gasteiger charge is -2.32. The molecule has 3 N–H and O–H groups in total. The smallest absolute Gasteiger partial charge is 0.273 e. The molecule has 1 unspecified atom stereocenters. The fraction of sp³-hybridized carbons (Fsp3) is 0.125. The predicted octanol–water partition coefficient (Wildman–Crippen LogP) is 1.65. The zero-order chi connectivity index (χ0) is 19.0. The number of amides is 1. The molecule has 0 saturated carbocycles. The van der Waals surface area contributed by atoms with Crippen LogP contribution in [0.5, 0.6) is 5.75 Å². The third-order valence-electron chi connectivity index (χ3n) is 3.77. The number of nitrogens with one attached hydrogen (secondary N) is 1. The van der Waals surface area contributed by atoms with Crippen LogP contribution >= 0.6 is 12.2 Å². The van der Waals surface area contributed by atoms with Gasteiger partial charge in [-0.15, -0.1) is 6.58 Å². The van der Waals surface area contributed by atoms with E-state index in [9.17, 15) is 25.1 Å². The van der Waals surface area contributed by atoms with Crippen LogP contribution in [0.4, 0.5) is 5.69 Å². The van der Waals surface area contributed by atoms with Gasteiger partial charge in [0.2, 0.25) is 0 Å². The number of nitrogens with zero attached hydrogens (tertiary/aromatic N) is 2. The van der Waals surface area contributed by atoms with Crippen LogP contribution in [0.15, 0.2) is 40.8 Å². The van der Waals surface area contributed by atoms with E-state index in [1.807, 2.05) is 0 Å². The third-order valence-corrected chi connectivity index (χ3v) is 4.11. The summed E-state index contributed by atoms with van der Waals surface area (Å²) >= 11 is 5.00. The van der Waals surface area contributed by atoms with Crippen LogP contribution < -0.4 is 5.32 Å². The Kier molecular flexibility index (Phi) is 4.45. The number of aliphatic hydroxyl groups is 1. The number of benzene rings is 1. The van der Waals surface area contributed by atoms with Gasteiger partial charge >= 0.3 is 0 Å². The standard InChI is InChI=1S/C16H13N3O6S/c1-2-5-18-15(22)10(14(21)17-16(18)26)7-12-13(20)9-4-3-8(19(23)24)6-11(9)25-12/h2-4,6-7,14,20-21H,1,5H2,(H,17,26)/b10-7+. The van der Waals surface area contributed by atoms with Gasteiger partial charge in [-0.2, -0.15) is 0 Å². The van der Waals surface area contributed by atoms with E-state index in [0.717, 1.165) is 6.07 Å². The van der Waals surface area contributed by atoms with Gasteiger partial charge in [0.1, 0.15) is 5.58 Å². The number of carbonyl (C=O) groups is 1. The van der Waals surface area contributed by atoms with Crippen molar-refractivity contribution in [1.82, 2.24) is 10.2 Å². The number of aliphatic hydroxyl groups excluding tert-OH is 1. The highest BCUT2D eigenvalue weighted by Gasteiger charge is 2.33. The van der Waals surface area contributed by atoms with Crippen molar-refractivity contribution in [2.45, 2.75) is 6.23 Å². The fourth-order valence-corrected chi connectivity index (χ4v) is 2.79. The summed E-state index contributed by atoms with van der Waals surface area (Å²) in [6, 6.07) is 3.72. The summed E-state index contributed by atoms with van der Waals surface area (Å²) in [6.07, 6.45) is 1.25. The molecule has 134 valence electrons. The van der Waals surface area contributed by atoms with E-state index in [0.29, 0.717) is 0 Å². The number of nitro benzene ring substituents is 1. The molecule has 1 amide bonds. The summed E-state index contributed by atoms with van der Waals surface area (Å²) < 4.78 is 5.42. The highest BCUT2D eigenvalue weighted by atomic mass is 32.1. The lowest BCUT2D eigenvalue weighted by molar-refractivity contribution is -0.384. The molecule has 2 aromatic rings. The Balaban J connectivity index is 2.06. The van der Waals surface area contributed by atoms with Gasteiger partial charge in [0.25, 0.3) is 11.6 Å². The maximum Gasteiger partial charge on any atom is 0.273 e. The van der Waals surface area contributed by atoms with Crippen molar-refractivity contribution < 1.29 is 24.3 Å². The zero-order valence-corrected chi connectivity index (χ0v) is 14.0. The third kappa shape index (κ3) is 2.91. The van der Waals surface area contributed by atoms with Gasteiger partial charge in [-0.05, 0) is 24.4 Å². The number of nitro groups is 1. The van der Waals surface area contributed by atoms with Gasteiger partial charge in [0.15, 0.2) is 22.9 Å². The van der Waals surface area contributed by atoms with Crippen molar-refractivity contribution in [2.24, 2.45) is 0 Å². The summed E-state index contributed by atoms with van der Waals surface area (Å²) in [4.78, 5) is 24.0. The summed E-state index contributed by atoms with van der Waals surface area (Å²) in [7, 11) is 0. The Morgan fingerprint density at radius 1 is 1.50 bits per heavy atom. The molecule has 1 fully saturated rings. The van der Waals surface area contributed by atoms with Crippen LogP contribution in [-0.2, 0) is 4.79 Å². The molecular formula is C16H13N3O6S. The Hall–Kier alpha value is -3.24. The molecule has 9 nitrogen and oxygen atoms in total. The lowest BCUT2D eigenvalue weighted by atomic mass is 10.1. The molecule has 0 spiro atoms. The molecule has 26 heavy (non-hydrogen) atoms. The second-order valence-corrected chi connectivity index (χ2v) is 5.80. The first-order chi connectivity index (χ1) is 12.3. The van der Waals surface area contributed by atoms with Gasteiger partial charge < -0.3 is 19.9 Å². The monoisotopic (exact) mass is 375 g/mol. The van der Waals surface area contributed by atoms with Gasteiger partial charge in [0.05, 0.1) is 21.9 Å². The average Bonchev–Trinajstić information content (AvgIpc) is 2.90. The predicted molar refractivity (Wildman–Crippen MR) is 96.2 cm³/mol. The van der Waals surface area contributed by atoms with Crippen LogP contribution in [0.2, 0.25) is 0 Å². The van der Waals surface area contributed by atoms with E-state index >= 15 is 0 Å². The topological polar surface area (TPSA) is 129 Å². The molecule has 1 aromatic carbocycles. The van der Waals surface area contributed by atoms with E-state index in [1.54, 1.807) is 0 Å². The molecule has 3 rings (SSSR count). The molecular weight excluding hydrogens is 362 g/mol. The Labute approximate surface area is 152 Å². The summed E-state index contributed by atoms with van der Waals surface area (Å²) in [5, 5.41) is 34.0. The van der Waals surface area contributed by atoms with Crippen molar-refractivity contribution in [3.63, 3.8) is 0 Å². The number of non-ortho nitro benzene ring substituents is 1. The molecule has 1 atom stereocenters. The number of hydrogen-bond donors (Lipinski definition) is 3. The van der Waals surface area contributed by atoms with Crippen LogP contribution in [-0.4, -0.2) is 43.8 Å². The van der Waals surface area contributed by atoms with E-state index in [1.165, 1.54) is 29.2 Å². The molecule has 1 aliphatic heterocycles. The van der Waals surface area contributed by atoms with Crippen LogP contribution in [0.1, 0.15) is 5.76 Å². The molecule has 1 aromatic heterocycles. The van der Waals surface area contributed by atoms with E-state index in [4.69, 9.17) is 16.6 Å².